The average molecular weight is 275 g/mol. The lowest BCUT2D eigenvalue weighted by molar-refractivity contribution is 0.120. The fraction of sp³-hybridized carbons (Fsp3) is 0.706. The summed E-state index contributed by atoms with van der Waals surface area (Å²) in [4.78, 5) is 7.02. The highest BCUT2D eigenvalue weighted by Crippen LogP contribution is 2.38. The summed E-state index contributed by atoms with van der Waals surface area (Å²) in [5, 5.41) is 3.79. The Morgan fingerprint density at radius 2 is 2.20 bits per heavy atom. The molecule has 0 saturated heterocycles. The van der Waals surface area contributed by atoms with E-state index in [2.05, 4.69) is 62.2 Å². The number of fused-ring (bicyclic) bond motifs is 1. The summed E-state index contributed by atoms with van der Waals surface area (Å²) in [7, 11) is 4.35. The second kappa shape index (κ2) is 6.23. The van der Waals surface area contributed by atoms with Crippen molar-refractivity contribution in [3.63, 3.8) is 0 Å². The zero-order valence-corrected chi connectivity index (χ0v) is 13.6. The molecule has 0 amide bonds. The first-order chi connectivity index (χ1) is 9.48. The third-order valence-electron chi connectivity index (χ3n) is 4.93. The Kier molecular flexibility index (Phi) is 4.82. The molecule has 1 N–H and O–H groups in total. The van der Waals surface area contributed by atoms with Crippen LogP contribution in [-0.2, 0) is 6.42 Å². The van der Waals surface area contributed by atoms with E-state index in [1.54, 1.807) is 0 Å². The highest BCUT2D eigenvalue weighted by molar-refractivity contribution is 5.31. The van der Waals surface area contributed by atoms with E-state index >= 15 is 0 Å². The number of nitrogens with one attached hydrogen (secondary N) is 1. The minimum Gasteiger partial charge on any atom is -0.312 e. The molecule has 3 nitrogen and oxygen atoms in total. The molecule has 0 spiro atoms. The molecular weight excluding hydrogens is 246 g/mol. The van der Waals surface area contributed by atoms with Crippen LogP contribution in [0.3, 0.4) is 0 Å². The molecule has 0 saturated carbocycles. The van der Waals surface area contributed by atoms with E-state index in [4.69, 9.17) is 0 Å². The van der Waals surface area contributed by atoms with Crippen LogP contribution < -0.4 is 5.32 Å². The molecule has 0 fully saturated rings. The second-order valence-corrected chi connectivity index (χ2v) is 6.67. The van der Waals surface area contributed by atoms with Gasteiger partial charge in [-0.25, -0.2) is 0 Å². The first-order valence-electron chi connectivity index (χ1n) is 7.83. The van der Waals surface area contributed by atoms with Gasteiger partial charge in [-0.1, -0.05) is 13.0 Å². The first kappa shape index (κ1) is 15.5. The Labute approximate surface area is 123 Å². The van der Waals surface area contributed by atoms with E-state index in [1.807, 2.05) is 6.20 Å². The van der Waals surface area contributed by atoms with Crippen LogP contribution >= 0.6 is 0 Å². The molecule has 2 rings (SSSR count). The van der Waals surface area contributed by atoms with Crippen molar-refractivity contribution in [1.82, 2.24) is 15.2 Å². The molecule has 3 heteroatoms. The predicted octanol–water partition coefficient (Wildman–Crippen LogP) is 2.82. The van der Waals surface area contributed by atoms with E-state index in [0.717, 1.165) is 6.54 Å². The lowest BCUT2D eigenvalue weighted by atomic mass is 9.81. The van der Waals surface area contributed by atoms with Crippen molar-refractivity contribution >= 4 is 0 Å². The van der Waals surface area contributed by atoms with E-state index in [0.29, 0.717) is 12.0 Å². The van der Waals surface area contributed by atoms with Crippen molar-refractivity contribution in [2.24, 2.45) is 0 Å². The fourth-order valence-corrected chi connectivity index (χ4v) is 3.23. The zero-order valence-electron chi connectivity index (χ0n) is 13.6. The molecular formula is C17H29N3. The van der Waals surface area contributed by atoms with Crippen LogP contribution in [-0.4, -0.2) is 42.1 Å². The Morgan fingerprint density at radius 3 is 2.85 bits per heavy atom. The van der Waals surface area contributed by atoms with Gasteiger partial charge < -0.3 is 10.2 Å². The van der Waals surface area contributed by atoms with Crippen LogP contribution in [0.1, 0.15) is 50.8 Å². The number of hydrogen-bond acceptors (Lipinski definition) is 3. The molecule has 2 unspecified atom stereocenters. The number of pyridine rings is 1. The molecule has 20 heavy (non-hydrogen) atoms. The molecule has 0 radical (unpaired) electrons. The number of aryl methyl sites for hydroxylation is 1. The van der Waals surface area contributed by atoms with Crippen molar-refractivity contribution < 1.29 is 0 Å². The van der Waals surface area contributed by atoms with Gasteiger partial charge in [0.15, 0.2) is 0 Å². The first-order valence-corrected chi connectivity index (χ1v) is 7.83. The largest absolute Gasteiger partial charge is 0.312 e. The standard InChI is InChI=1S/C17H29N3/c1-6-11-19-16(17(2,3)20(4)5)14-10-9-13-8-7-12-18-15(13)14/h7-8,12,14,16,19H,6,9-11H2,1-5H3. The normalized spacial score (nSPS) is 20.2. The van der Waals surface area contributed by atoms with Gasteiger partial charge in [-0.3, -0.25) is 4.98 Å². The number of nitrogens with zero attached hydrogens (tertiary/aromatic N) is 2. The summed E-state index contributed by atoms with van der Waals surface area (Å²) in [5.41, 5.74) is 2.87. The molecule has 1 aliphatic carbocycles. The lowest BCUT2D eigenvalue weighted by Crippen LogP contribution is -2.57. The summed E-state index contributed by atoms with van der Waals surface area (Å²) in [6.45, 7) is 7.97. The zero-order chi connectivity index (χ0) is 14.8. The van der Waals surface area contributed by atoms with Crippen LogP contribution in [0.4, 0.5) is 0 Å². The van der Waals surface area contributed by atoms with Gasteiger partial charge in [-0.05, 0) is 65.4 Å². The van der Waals surface area contributed by atoms with Crippen LogP contribution in [0.25, 0.3) is 0 Å². The van der Waals surface area contributed by atoms with Crippen molar-refractivity contribution in [2.75, 3.05) is 20.6 Å². The smallest absolute Gasteiger partial charge is 0.0482 e. The molecule has 0 bridgehead atoms. The quantitative estimate of drug-likeness (QED) is 0.865. The fourth-order valence-electron chi connectivity index (χ4n) is 3.23. The van der Waals surface area contributed by atoms with Crippen molar-refractivity contribution in [3.8, 4) is 0 Å². The van der Waals surface area contributed by atoms with Crippen LogP contribution in [0.5, 0.6) is 0 Å². The third kappa shape index (κ3) is 2.89. The molecule has 1 heterocycles. The minimum atomic E-state index is 0.110. The van der Waals surface area contributed by atoms with Gasteiger partial charge >= 0.3 is 0 Å². The number of aromatic nitrogens is 1. The lowest BCUT2D eigenvalue weighted by Gasteiger charge is -2.43. The molecule has 112 valence electrons. The summed E-state index contributed by atoms with van der Waals surface area (Å²) >= 11 is 0. The van der Waals surface area contributed by atoms with Crippen molar-refractivity contribution in [3.05, 3.63) is 29.6 Å². The van der Waals surface area contributed by atoms with E-state index in [1.165, 1.54) is 30.5 Å². The highest BCUT2D eigenvalue weighted by atomic mass is 15.2. The Balaban J connectivity index is 2.29. The summed E-state index contributed by atoms with van der Waals surface area (Å²) in [6, 6.07) is 4.74. The number of likely N-dealkylation sites (N-methyl/N-ethyl adjacent to an activating group) is 1. The molecule has 2 atom stereocenters. The average Bonchev–Trinajstić information content (AvgIpc) is 2.83. The van der Waals surface area contributed by atoms with Gasteiger partial charge in [0.1, 0.15) is 0 Å². The van der Waals surface area contributed by atoms with Gasteiger partial charge in [0.25, 0.3) is 0 Å². The molecule has 1 aromatic rings. The SMILES string of the molecule is CCCNC(C1CCc2cccnc21)C(C)(C)N(C)C. The Hall–Kier alpha value is -0.930. The van der Waals surface area contributed by atoms with E-state index in [-0.39, 0.29) is 5.54 Å². The van der Waals surface area contributed by atoms with Gasteiger partial charge in [-0.2, -0.15) is 0 Å². The van der Waals surface area contributed by atoms with Gasteiger partial charge in [0.2, 0.25) is 0 Å². The van der Waals surface area contributed by atoms with E-state index < -0.39 is 0 Å². The van der Waals surface area contributed by atoms with Gasteiger partial charge in [-0.15, -0.1) is 0 Å². The van der Waals surface area contributed by atoms with Gasteiger partial charge in [0.05, 0.1) is 0 Å². The topological polar surface area (TPSA) is 28.2 Å². The maximum absolute atomic E-state index is 4.68. The molecule has 0 aromatic carbocycles. The molecule has 1 aliphatic rings. The summed E-state index contributed by atoms with van der Waals surface area (Å²) in [6.07, 6.45) is 5.49. The van der Waals surface area contributed by atoms with Crippen molar-refractivity contribution in [2.45, 2.75) is 57.5 Å². The maximum atomic E-state index is 4.68. The third-order valence-corrected chi connectivity index (χ3v) is 4.93. The molecule has 0 aliphatic heterocycles. The summed E-state index contributed by atoms with van der Waals surface area (Å²) in [5.74, 6) is 0.523. The maximum Gasteiger partial charge on any atom is 0.0482 e. The van der Waals surface area contributed by atoms with Gasteiger partial charge in [0, 0.05) is 29.4 Å². The number of rotatable bonds is 6. The number of hydrogen-bond donors (Lipinski definition) is 1. The second-order valence-electron chi connectivity index (χ2n) is 6.67. The Bertz CT molecular complexity index is 440. The molecule has 1 aromatic heterocycles. The summed E-state index contributed by atoms with van der Waals surface area (Å²) < 4.78 is 0. The van der Waals surface area contributed by atoms with Crippen molar-refractivity contribution in [1.29, 1.82) is 0 Å². The van der Waals surface area contributed by atoms with E-state index in [9.17, 15) is 0 Å². The van der Waals surface area contributed by atoms with Crippen LogP contribution in [0.2, 0.25) is 0 Å². The monoisotopic (exact) mass is 275 g/mol. The van der Waals surface area contributed by atoms with Crippen LogP contribution in [0, 0.1) is 0 Å². The Morgan fingerprint density at radius 1 is 1.45 bits per heavy atom. The minimum absolute atomic E-state index is 0.110. The van der Waals surface area contributed by atoms with Crippen LogP contribution in [0.15, 0.2) is 18.3 Å². The predicted molar refractivity (Wildman–Crippen MR) is 85.1 cm³/mol. The highest BCUT2D eigenvalue weighted by Gasteiger charge is 2.40.